The lowest BCUT2D eigenvalue weighted by Crippen LogP contribution is -2.31. The number of hydrogen-bond donors (Lipinski definition) is 1. The maximum Gasteiger partial charge on any atom is 0.244 e. The number of sulfonamides is 1. The third kappa shape index (κ3) is 5.53. The van der Waals surface area contributed by atoms with E-state index in [0.29, 0.717) is 24.5 Å². The van der Waals surface area contributed by atoms with Crippen molar-refractivity contribution in [2.45, 2.75) is 37.1 Å². The highest BCUT2D eigenvalue weighted by atomic mass is 32.2. The molecular formula is C22H26N2O3S. The van der Waals surface area contributed by atoms with Gasteiger partial charge in [0.25, 0.3) is 0 Å². The summed E-state index contributed by atoms with van der Waals surface area (Å²) in [4.78, 5) is 12.3. The van der Waals surface area contributed by atoms with Crippen molar-refractivity contribution in [2.75, 3.05) is 13.1 Å². The first-order chi connectivity index (χ1) is 13.6. The van der Waals surface area contributed by atoms with Crippen LogP contribution in [0.1, 0.15) is 36.8 Å². The van der Waals surface area contributed by atoms with Crippen LogP contribution in [-0.2, 0) is 21.4 Å². The molecule has 28 heavy (non-hydrogen) atoms. The zero-order valence-corrected chi connectivity index (χ0v) is 16.7. The van der Waals surface area contributed by atoms with Gasteiger partial charge >= 0.3 is 0 Å². The minimum absolute atomic E-state index is 0.190. The molecule has 1 saturated heterocycles. The third-order valence-electron chi connectivity index (χ3n) is 4.82. The second kappa shape index (κ2) is 9.66. The highest BCUT2D eigenvalue weighted by Crippen LogP contribution is 2.21. The highest BCUT2D eigenvalue weighted by Gasteiger charge is 2.24. The smallest absolute Gasteiger partial charge is 0.244 e. The van der Waals surface area contributed by atoms with Gasteiger partial charge in [-0.25, -0.2) is 8.42 Å². The Morgan fingerprint density at radius 3 is 2.21 bits per heavy atom. The van der Waals surface area contributed by atoms with Crippen molar-refractivity contribution in [1.29, 1.82) is 0 Å². The molecule has 1 amide bonds. The van der Waals surface area contributed by atoms with E-state index in [-0.39, 0.29) is 5.91 Å². The summed E-state index contributed by atoms with van der Waals surface area (Å²) in [6.07, 6.45) is 7.14. The van der Waals surface area contributed by atoms with Crippen molar-refractivity contribution >= 4 is 22.0 Å². The molecule has 0 saturated carbocycles. The molecule has 0 radical (unpaired) electrons. The molecule has 1 N–H and O–H groups in total. The first kappa shape index (κ1) is 20.3. The van der Waals surface area contributed by atoms with E-state index in [1.54, 1.807) is 34.6 Å². The Hall–Kier alpha value is -2.44. The number of carbonyl (C=O) groups is 1. The van der Waals surface area contributed by atoms with Crippen molar-refractivity contribution in [3.63, 3.8) is 0 Å². The fourth-order valence-corrected chi connectivity index (χ4v) is 4.71. The Morgan fingerprint density at radius 2 is 1.57 bits per heavy atom. The minimum Gasteiger partial charge on any atom is -0.348 e. The second-order valence-electron chi connectivity index (χ2n) is 6.92. The van der Waals surface area contributed by atoms with Gasteiger partial charge in [0.15, 0.2) is 0 Å². The van der Waals surface area contributed by atoms with Crippen LogP contribution in [0.4, 0.5) is 0 Å². The molecule has 1 aliphatic rings. The summed E-state index contributed by atoms with van der Waals surface area (Å²) in [5, 5.41) is 2.83. The second-order valence-corrected chi connectivity index (χ2v) is 8.86. The average Bonchev–Trinajstić information content (AvgIpc) is 3.02. The molecule has 0 bridgehead atoms. The molecule has 0 atom stereocenters. The maximum absolute atomic E-state index is 12.8. The number of rotatable bonds is 6. The van der Waals surface area contributed by atoms with E-state index in [2.05, 4.69) is 5.32 Å². The van der Waals surface area contributed by atoms with E-state index in [1.165, 1.54) is 6.08 Å². The Morgan fingerprint density at radius 1 is 0.929 bits per heavy atom. The monoisotopic (exact) mass is 398 g/mol. The molecule has 2 aromatic carbocycles. The lowest BCUT2D eigenvalue weighted by molar-refractivity contribution is -0.116. The summed E-state index contributed by atoms with van der Waals surface area (Å²) in [5.41, 5.74) is 1.82. The highest BCUT2D eigenvalue weighted by molar-refractivity contribution is 7.89. The predicted octanol–water partition coefficient (Wildman–Crippen LogP) is 3.58. The van der Waals surface area contributed by atoms with Crippen LogP contribution in [-0.4, -0.2) is 31.7 Å². The Labute approximate surface area is 167 Å². The molecule has 0 aliphatic carbocycles. The van der Waals surface area contributed by atoms with E-state index < -0.39 is 10.0 Å². The van der Waals surface area contributed by atoms with Gasteiger partial charge in [0.05, 0.1) is 4.90 Å². The van der Waals surface area contributed by atoms with Crippen LogP contribution < -0.4 is 5.32 Å². The van der Waals surface area contributed by atoms with E-state index in [1.807, 2.05) is 30.3 Å². The molecule has 1 fully saturated rings. The molecule has 1 aliphatic heterocycles. The molecule has 148 valence electrons. The first-order valence-corrected chi connectivity index (χ1v) is 11.1. The fourth-order valence-electron chi connectivity index (χ4n) is 3.20. The summed E-state index contributed by atoms with van der Waals surface area (Å²) in [6.45, 7) is 1.65. The van der Waals surface area contributed by atoms with Crippen LogP contribution in [0.3, 0.4) is 0 Å². The van der Waals surface area contributed by atoms with Gasteiger partial charge in [0, 0.05) is 25.7 Å². The maximum atomic E-state index is 12.8. The number of hydrogen-bond acceptors (Lipinski definition) is 3. The molecule has 2 aromatic rings. The topological polar surface area (TPSA) is 66.5 Å². The van der Waals surface area contributed by atoms with E-state index in [9.17, 15) is 13.2 Å². The van der Waals surface area contributed by atoms with Gasteiger partial charge in [-0.1, -0.05) is 55.3 Å². The lowest BCUT2D eigenvalue weighted by Gasteiger charge is -2.19. The SMILES string of the molecule is O=C(C=Cc1ccc(S(=O)(=O)N2CCCCCC2)cc1)NCc1ccccc1. The Bertz CT molecular complexity index is 899. The van der Waals surface area contributed by atoms with Crippen molar-refractivity contribution in [3.8, 4) is 0 Å². The van der Waals surface area contributed by atoms with Gasteiger partial charge in [-0.15, -0.1) is 0 Å². The number of amides is 1. The van der Waals surface area contributed by atoms with Crippen molar-refractivity contribution in [1.82, 2.24) is 9.62 Å². The standard InChI is InChI=1S/C22H26N2O3S/c25-22(23-18-20-8-4-3-5-9-20)15-12-19-10-13-21(14-11-19)28(26,27)24-16-6-1-2-7-17-24/h3-5,8-15H,1-2,6-7,16-18H2,(H,23,25). The molecule has 0 aromatic heterocycles. The summed E-state index contributed by atoms with van der Waals surface area (Å²) >= 11 is 0. The van der Waals surface area contributed by atoms with Crippen LogP contribution in [0.5, 0.6) is 0 Å². The average molecular weight is 399 g/mol. The van der Waals surface area contributed by atoms with Gasteiger partial charge in [0.1, 0.15) is 0 Å². The molecule has 5 nitrogen and oxygen atoms in total. The van der Waals surface area contributed by atoms with E-state index >= 15 is 0 Å². The van der Waals surface area contributed by atoms with Gasteiger partial charge in [-0.2, -0.15) is 4.31 Å². The van der Waals surface area contributed by atoms with Gasteiger partial charge in [-0.05, 0) is 42.2 Å². The lowest BCUT2D eigenvalue weighted by atomic mass is 10.2. The van der Waals surface area contributed by atoms with Crippen molar-refractivity contribution in [2.24, 2.45) is 0 Å². The van der Waals surface area contributed by atoms with Crippen LogP contribution in [0, 0.1) is 0 Å². The van der Waals surface area contributed by atoms with Crippen LogP contribution in [0.25, 0.3) is 6.08 Å². The van der Waals surface area contributed by atoms with Gasteiger partial charge in [-0.3, -0.25) is 4.79 Å². The zero-order chi connectivity index (χ0) is 19.8. The Kier molecular flexibility index (Phi) is 7.01. The number of nitrogens with zero attached hydrogens (tertiary/aromatic N) is 1. The van der Waals surface area contributed by atoms with Gasteiger partial charge in [0.2, 0.25) is 15.9 Å². The number of carbonyl (C=O) groups excluding carboxylic acids is 1. The summed E-state index contributed by atoms with van der Waals surface area (Å²) < 4.78 is 27.1. The van der Waals surface area contributed by atoms with Crippen LogP contribution in [0.15, 0.2) is 65.6 Å². The molecule has 0 spiro atoms. The molecule has 1 heterocycles. The minimum atomic E-state index is -3.44. The van der Waals surface area contributed by atoms with E-state index in [0.717, 1.165) is 36.8 Å². The summed E-state index contributed by atoms with van der Waals surface area (Å²) in [5.74, 6) is -0.190. The number of benzene rings is 2. The van der Waals surface area contributed by atoms with Crippen LogP contribution in [0.2, 0.25) is 0 Å². The third-order valence-corrected chi connectivity index (χ3v) is 6.73. The quantitative estimate of drug-likeness (QED) is 0.757. The summed E-state index contributed by atoms with van der Waals surface area (Å²) in [6, 6.07) is 16.4. The van der Waals surface area contributed by atoms with Gasteiger partial charge < -0.3 is 5.32 Å². The molecule has 6 heteroatoms. The molecule has 0 unspecified atom stereocenters. The zero-order valence-electron chi connectivity index (χ0n) is 15.9. The fraction of sp³-hybridized carbons (Fsp3) is 0.318. The molecule has 3 rings (SSSR count). The largest absolute Gasteiger partial charge is 0.348 e. The van der Waals surface area contributed by atoms with Crippen molar-refractivity contribution < 1.29 is 13.2 Å². The Balaban J connectivity index is 1.59. The number of nitrogens with one attached hydrogen (secondary N) is 1. The predicted molar refractivity (Wildman–Crippen MR) is 111 cm³/mol. The first-order valence-electron chi connectivity index (χ1n) is 9.66. The molecular weight excluding hydrogens is 372 g/mol. The van der Waals surface area contributed by atoms with E-state index in [4.69, 9.17) is 0 Å². The summed E-state index contributed by atoms with van der Waals surface area (Å²) in [7, 11) is -3.44. The van der Waals surface area contributed by atoms with Crippen molar-refractivity contribution in [3.05, 3.63) is 71.8 Å². The normalized spacial score (nSPS) is 16.0. The van der Waals surface area contributed by atoms with Crippen LogP contribution >= 0.6 is 0 Å².